The van der Waals surface area contributed by atoms with Gasteiger partial charge in [-0.2, -0.15) is 0 Å². The lowest BCUT2D eigenvalue weighted by Gasteiger charge is -2.30. The van der Waals surface area contributed by atoms with Crippen LogP contribution in [-0.2, 0) is 4.79 Å². The van der Waals surface area contributed by atoms with E-state index in [1.165, 1.54) is 37.1 Å². The average molecular weight is 403 g/mol. The van der Waals surface area contributed by atoms with E-state index < -0.39 is 0 Å². The fourth-order valence-corrected chi connectivity index (χ4v) is 4.82. The number of carbonyl (C=O) groups is 1. The molecule has 0 radical (unpaired) electrons. The number of hydrogen-bond donors (Lipinski definition) is 1. The van der Waals surface area contributed by atoms with Crippen LogP contribution < -0.4 is 5.32 Å². The molecule has 2 aliphatic rings. The average Bonchev–Trinajstić information content (AvgIpc) is 3.44. The molecule has 0 spiro atoms. The van der Waals surface area contributed by atoms with Crippen LogP contribution in [0.15, 0.2) is 29.4 Å². The summed E-state index contributed by atoms with van der Waals surface area (Å²) in [6, 6.07) is 7.20. The van der Waals surface area contributed by atoms with Crippen LogP contribution in [0, 0.1) is 11.7 Å². The van der Waals surface area contributed by atoms with E-state index in [1.807, 2.05) is 11.5 Å². The molecule has 0 saturated heterocycles. The summed E-state index contributed by atoms with van der Waals surface area (Å²) in [5.41, 5.74) is 0.460. The maximum Gasteiger partial charge on any atom is 0.233 e. The Morgan fingerprint density at radius 2 is 1.96 bits per heavy atom. The summed E-state index contributed by atoms with van der Waals surface area (Å²) in [5.74, 6) is 0.821. The molecular formula is C21H27FN4OS. The summed E-state index contributed by atoms with van der Waals surface area (Å²) in [4.78, 5) is 12.7. The molecule has 1 heterocycles. The molecule has 2 aliphatic carbocycles. The normalized spacial score (nSPS) is 23.4. The number of rotatable bonds is 6. The summed E-state index contributed by atoms with van der Waals surface area (Å²) >= 11 is 1.41. The van der Waals surface area contributed by atoms with Crippen LogP contribution in [0.1, 0.15) is 58.4 Å². The minimum atomic E-state index is -0.301. The summed E-state index contributed by atoms with van der Waals surface area (Å²) in [7, 11) is 0. The lowest BCUT2D eigenvalue weighted by Crippen LogP contribution is -2.44. The molecule has 1 amide bonds. The molecule has 5 nitrogen and oxygen atoms in total. The highest BCUT2D eigenvalue weighted by Crippen LogP contribution is 2.42. The molecule has 150 valence electrons. The van der Waals surface area contributed by atoms with Crippen molar-refractivity contribution in [1.82, 2.24) is 20.1 Å². The Morgan fingerprint density at radius 3 is 2.68 bits per heavy atom. The van der Waals surface area contributed by atoms with Gasteiger partial charge in [-0.15, -0.1) is 10.2 Å². The second kappa shape index (κ2) is 8.23. The van der Waals surface area contributed by atoms with Crippen LogP contribution in [0.4, 0.5) is 4.39 Å². The Kier molecular flexibility index (Phi) is 5.71. The van der Waals surface area contributed by atoms with Gasteiger partial charge in [-0.1, -0.05) is 43.7 Å². The number of thioether (sulfide) groups is 1. The first kappa shape index (κ1) is 19.4. The molecule has 3 atom stereocenters. The highest BCUT2D eigenvalue weighted by atomic mass is 32.2. The van der Waals surface area contributed by atoms with Crippen molar-refractivity contribution in [2.75, 3.05) is 0 Å². The summed E-state index contributed by atoms with van der Waals surface area (Å²) in [6.45, 7) is 4.12. The number of nitrogens with one attached hydrogen (secondary N) is 1. The maximum atomic E-state index is 14.3. The van der Waals surface area contributed by atoms with Crippen LogP contribution in [-0.4, -0.2) is 32.0 Å². The minimum absolute atomic E-state index is 0.0431. The Morgan fingerprint density at radius 1 is 1.21 bits per heavy atom. The number of halogens is 1. The predicted molar refractivity (Wildman–Crippen MR) is 109 cm³/mol. The Hall–Kier alpha value is -1.89. The Labute approximate surface area is 169 Å². The quantitative estimate of drug-likeness (QED) is 0.718. The number of benzene rings is 1. The van der Waals surface area contributed by atoms with E-state index in [9.17, 15) is 9.18 Å². The van der Waals surface area contributed by atoms with Crippen molar-refractivity contribution in [2.24, 2.45) is 5.92 Å². The standard InChI is InChI=1S/C21H27FN4OS/c1-13-7-3-6-10-18(13)23-20(27)14(2)28-21-25-24-19(26(21)15-11-12-15)16-8-4-5-9-17(16)22/h4-5,8-9,13-15,18H,3,6-7,10-12H2,1-2H3,(H,23,27)/t13-,14-,18-/m0/s1. The van der Waals surface area contributed by atoms with E-state index in [0.717, 1.165) is 19.3 Å². The highest BCUT2D eigenvalue weighted by molar-refractivity contribution is 8.00. The molecule has 1 N–H and O–H groups in total. The van der Waals surface area contributed by atoms with Gasteiger partial charge in [-0.3, -0.25) is 9.36 Å². The fraction of sp³-hybridized carbons (Fsp3) is 0.571. The second-order valence-corrected chi connectivity index (χ2v) is 9.33. The number of carbonyl (C=O) groups excluding carboxylic acids is 1. The molecule has 1 aromatic heterocycles. The molecule has 0 unspecified atom stereocenters. The van der Waals surface area contributed by atoms with Gasteiger partial charge in [0.1, 0.15) is 5.82 Å². The zero-order valence-electron chi connectivity index (χ0n) is 16.4. The van der Waals surface area contributed by atoms with Crippen LogP contribution in [0.25, 0.3) is 11.4 Å². The van der Waals surface area contributed by atoms with E-state index in [0.29, 0.717) is 28.5 Å². The zero-order chi connectivity index (χ0) is 19.7. The van der Waals surface area contributed by atoms with Crippen LogP contribution >= 0.6 is 11.8 Å². The van der Waals surface area contributed by atoms with Gasteiger partial charge in [-0.05, 0) is 50.7 Å². The third-order valence-corrected chi connectivity index (χ3v) is 6.84. The Bertz CT molecular complexity index is 851. The van der Waals surface area contributed by atoms with Gasteiger partial charge < -0.3 is 5.32 Å². The summed E-state index contributed by atoms with van der Waals surface area (Å²) < 4.78 is 16.3. The molecule has 2 fully saturated rings. The molecule has 0 aliphatic heterocycles. The van der Waals surface area contributed by atoms with Gasteiger partial charge >= 0.3 is 0 Å². The molecule has 2 aromatic rings. The second-order valence-electron chi connectivity index (χ2n) is 8.02. The third-order valence-electron chi connectivity index (χ3n) is 5.78. The maximum absolute atomic E-state index is 14.3. The molecule has 28 heavy (non-hydrogen) atoms. The summed E-state index contributed by atoms with van der Waals surface area (Å²) in [6.07, 6.45) is 6.73. The van der Waals surface area contributed by atoms with Gasteiger partial charge in [-0.25, -0.2) is 4.39 Å². The summed E-state index contributed by atoms with van der Waals surface area (Å²) in [5, 5.41) is 12.2. The number of amides is 1. The van der Waals surface area contributed by atoms with Gasteiger partial charge in [0.25, 0.3) is 0 Å². The van der Waals surface area contributed by atoms with Crippen molar-refractivity contribution < 1.29 is 9.18 Å². The van der Waals surface area contributed by atoms with E-state index in [2.05, 4.69) is 22.4 Å². The van der Waals surface area contributed by atoms with Crippen LogP contribution in [0.3, 0.4) is 0 Å². The molecule has 0 bridgehead atoms. The first-order valence-electron chi connectivity index (χ1n) is 10.2. The Balaban J connectivity index is 1.50. The van der Waals surface area contributed by atoms with Gasteiger partial charge in [0.15, 0.2) is 11.0 Å². The van der Waals surface area contributed by atoms with Crippen molar-refractivity contribution in [2.45, 2.75) is 74.9 Å². The van der Waals surface area contributed by atoms with Crippen molar-refractivity contribution in [3.8, 4) is 11.4 Å². The lowest BCUT2D eigenvalue weighted by atomic mass is 9.86. The first-order valence-corrected chi connectivity index (χ1v) is 11.1. The molecule has 7 heteroatoms. The third kappa shape index (κ3) is 4.09. The van der Waals surface area contributed by atoms with Crippen LogP contribution in [0.2, 0.25) is 0 Å². The first-order chi connectivity index (χ1) is 13.5. The zero-order valence-corrected chi connectivity index (χ0v) is 17.2. The largest absolute Gasteiger partial charge is 0.352 e. The van der Waals surface area contributed by atoms with Crippen molar-refractivity contribution in [1.29, 1.82) is 0 Å². The van der Waals surface area contributed by atoms with Gasteiger partial charge in [0.05, 0.1) is 10.8 Å². The highest BCUT2D eigenvalue weighted by Gasteiger charge is 2.33. The molecular weight excluding hydrogens is 375 g/mol. The van der Waals surface area contributed by atoms with E-state index in [-0.39, 0.29) is 23.0 Å². The SMILES string of the molecule is C[C@H](Sc1nnc(-c2ccccc2F)n1C1CC1)C(=O)N[C@H]1CCCC[C@@H]1C. The van der Waals surface area contributed by atoms with Crippen LogP contribution in [0.5, 0.6) is 0 Å². The number of aromatic nitrogens is 3. The monoisotopic (exact) mass is 402 g/mol. The lowest BCUT2D eigenvalue weighted by molar-refractivity contribution is -0.121. The smallest absolute Gasteiger partial charge is 0.233 e. The van der Waals surface area contributed by atoms with Crippen molar-refractivity contribution in [3.63, 3.8) is 0 Å². The number of nitrogens with zero attached hydrogens (tertiary/aromatic N) is 3. The van der Waals surface area contributed by atoms with Crippen molar-refractivity contribution >= 4 is 17.7 Å². The molecule has 1 aromatic carbocycles. The molecule has 2 saturated carbocycles. The van der Waals surface area contributed by atoms with Gasteiger partial charge in [0.2, 0.25) is 5.91 Å². The minimum Gasteiger partial charge on any atom is -0.352 e. The number of hydrogen-bond acceptors (Lipinski definition) is 4. The van der Waals surface area contributed by atoms with E-state index in [1.54, 1.807) is 18.2 Å². The van der Waals surface area contributed by atoms with E-state index in [4.69, 9.17) is 0 Å². The molecule has 4 rings (SSSR count). The van der Waals surface area contributed by atoms with Gasteiger partial charge in [0, 0.05) is 12.1 Å². The van der Waals surface area contributed by atoms with Crippen molar-refractivity contribution in [3.05, 3.63) is 30.1 Å². The predicted octanol–water partition coefficient (Wildman–Crippen LogP) is 4.59. The topological polar surface area (TPSA) is 59.8 Å². The van der Waals surface area contributed by atoms with E-state index >= 15 is 0 Å². The fourth-order valence-electron chi connectivity index (χ4n) is 3.89.